The highest BCUT2D eigenvalue weighted by atomic mass is 35.5. The fraction of sp³-hybridized carbons (Fsp3) is 0.611. The zero-order chi connectivity index (χ0) is 34.3. The smallest absolute Gasteiger partial charge is 0.282 e. The number of piperidine rings is 1. The van der Waals surface area contributed by atoms with E-state index in [1.807, 2.05) is 55.4 Å². The van der Waals surface area contributed by atoms with E-state index in [2.05, 4.69) is 11.5 Å². The number of hydrogen-bond donors (Lipinski definition) is 0. The van der Waals surface area contributed by atoms with E-state index < -0.39 is 20.2 Å². The summed E-state index contributed by atoms with van der Waals surface area (Å²) in [4.78, 5) is 4.62. The van der Waals surface area contributed by atoms with Crippen molar-refractivity contribution < 1.29 is 16.8 Å². The van der Waals surface area contributed by atoms with Gasteiger partial charge in [0, 0.05) is 70.6 Å². The zero-order valence-electron chi connectivity index (χ0n) is 28.8. The second kappa shape index (κ2) is 16.8. The summed E-state index contributed by atoms with van der Waals surface area (Å²) in [5, 5.41) is 0.695. The molecule has 0 aromatic heterocycles. The number of halogens is 1. The van der Waals surface area contributed by atoms with Gasteiger partial charge in [-0.15, -0.1) is 0 Å². The quantitative estimate of drug-likeness (QED) is 0.309. The molecule has 0 amide bonds. The van der Waals surface area contributed by atoms with Gasteiger partial charge in [0.25, 0.3) is 10.2 Å². The molecule has 48 heavy (non-hydrogen) atoms. The van der Waals surface area contributed by atoms with E-state index in [-0.39, 0.29) is 23.9 Å². The van der Waals surface area contributed by atoms with Crippen LogP contribution in [-0.2, 0) is 20.2 Å². The predicted molar refractivity (Wildman–Crippen MR) is 196 cm³/mol. The molecule has 9 nitrogen and oxygen atoms in total. The molecular formula is C36H54ClN5O4S2. The SMILES string of the molecule is C=C1CN(S(=O)(=O)c2ccc(N(C)C)cc2)CCCN(CC2CCCCC2)CCCN(S(=O)(=O)N2CCC(c3ccc(Cl)cc3)CC2)C1. The third-order valence-corrected chi connectivity index (χ3v) is 14.3. The summed E-state index contributed by atoms with van der Waals surface area (Å²) >= 11 is 6.09. The van der Waals surface area contributed by atoms with Crippen LogP contribution in [0.15, 0.2) is 65.6 Å². The van der Waals surface area contributed by atoms with Gasteiger partial charge < -0.3 is 9.80 Å². The molecule has 3 aliphatic rings. The van der Waals surface area contributed by atoms with Crippen molar-refractivity contribution in [3.8, 4) is 0 Å². The van der Waals surface area contributed by atoms with Crippen molar-refractivity contribution in [3.05, 3.63) is 71.3 Å². The fourth-order valence-electron chi connectivity index (χ4n) is 7.46. The van der Waals surface area contributed by atoms with Crippen LogP contribution >= 0.6 is 11.6 Å². The molecule has 0 bridgehead atoms. The Balaban J connectivity index is 1.34. The molecular weight excluding hydrogens is 666 g/mol. The van der Waals surface area contributed by atoms with E-state index in [9.17, 15) is 16.8 Å². The maximum atomic E-state index is 14.2. The Labute approximate surface area is 294 Å². The Morgan fingerprint density at radius 3 is 1.90 bits per heavy atom. The van der Waals surface area contributed by atoms with Crippen LogP contribution < -0.4 is 4.90 Å². The van der Waals surface area contributed by atoms with Gasteiger partial charge in [-0.2, -0.15) is 21.3 Å². The Kier molecular flexibility index (Phi) is 13.1. The summed E-state index contributed by atoms with van der Waals surface area (Å²) in [5.41, 5.74) is 2.68. The lowest BCUT2D eigenvalue weighted by Crippen LogP contribution is -2.49. The van der Waals surface area contributed by atoms with Crippen molar-refractivity contribution in [3.63, 3.8) is 0 Å². The van der Waals surface area contributed by atoms with Crippen LogP contribution in [0.4, 0.5) is 5.69 Å². The normalized spacial score (nSPS) is 21.9. The lowest BCUT2D eigenvalue weighted by atomic mass is 9.89. The number of sulfonamides is 1. The van der Waals surface area contributed by atoms with E-state index in [0.717, 1.165) is 44.6 Å². The first-order valence-electron chi connectivity index (χ1n) is 17.6. The van der Waals surface area contributed by atoms with Gasteiger partial charge in [-0.25, -0.2) is 8.42 Å². The molecule has 0 spiro atoms. The average Bonchev–Trinajstić information content (AvgIpc) is 3.07. The molecule has 3 fully saturated rings. The third kappa shape index (κ3) is 9.62. The van der Waals surface area contributed by atoms with Crippen LogP contribution in [0.1, 0.15) is 69.3 Å². The van der Waals surface area contributed by atoms with E-state index >= 15 is 0 Å². The molecule has 2 saturated heterocycles. The molecule has 5 rings (SSSR count). The van der Waals surface area contributed by atoms with E-state index in [0.29, 0.717) is 49.1 Å². The van der Waals surface area contributed by atoms with Crippen LogP contribution in [0, 0.1) is 5.92 Å². The zero-order valence-corrected chi connectivity index (χ0v) is 31.2. The minimum Gasteiger partial charge on any atom is -0.378 e. The van der Waals surface area contributed by atoms with Crippen molar-refractivity contribution in [1.82, 2.24) is 17.8 Å². The minimum atomic E-state index is -3.83. The average molecular weight is 720 g/mol. The monoisotopic (exact) mass is 719 g/mol. The molecule has 1 aliphatic carbocycles. The summed E-state index contributed by atoms with van der Waals surface area (Å²) in [6.45, 7) is 8.55. The topological polar surface area (TPSA) is 84.5 Å². The maximum Gasteiger partial charge on any atom is 0.282 e. The van der Waals surface area contributed by atoms with Gasteiger partial charge in [0.05, 0.1) is 4.90 Å². The number of hydrogen-bond acceptors (Lipinski definition) is 6. The van der Waals surface area contributed by atoms with E-state index in [1.165, 1.54) is 42.0 Å². The fourth-order valence-corrected chi connectivity index (χ4v) is 10.8. The lowest BCUT2D eigenvalue weighted by molar-refractivity contribution is 0.187. The summed E-state index contributed by atoms with van der Waals surface area (Å²) in [6.07, 6.45) is 9.19. The first kappa shape index (κ1) is 37.3. The number of benzene rings is 2. The first-order chi connectivity index (χ1) is 22.9. The van der Waals surface area contributed by atoms with Crippen LogP contribution in [0.5, 0.6) is 0 Å². The van der Waals surface area contributed by atoms with Crippen molar-refractivity contribution >= 4 is 37.5 Å². The highest BCUT2D eigenvalue weighted by molar-refractivity contribution is 7.89. The summed E-state index contributed by atoms with van der Waals surface area (Å²) in [6, 6.07) is 14.8. The molecule has 266 valence electrons. The molecule has 2 aromatic rings. The Morgan fingerprint density at radius 1 is 0.708 bits per heavy atom. The summed E-state index contributed by atoms with van der Waals surface area (Å²) in [7, 11) is -3.78. The van der Waals surface area contributed by atoms with Gasteiger partial charge in [-0.05, 0) is 111 Å². The Morgan fingerprint density at radius 2 is 1.29 bits per heavy atom. The largest absolute Gasteiger partial charge is 0.378 e. The Hall–Kier alpha value is -1.99. The van der Waals surface area contributed by atoms with Gasteiger partial charge >= 0.3 is 0 Å². The summed E-state index contributed by atoms with van der Waals surface area (Å²) < 4.78 is 61.2. The molecule has 12 heteroatoms. The summed E-state index contributed by atoms with van der Waals surface area (Å²) in [5.74, 6) is 0.928. The molecule has 2 aliphatic heterocycles. The van der Waals surface area contributed by atoms with Crippen LogP contribution in [-0.4, -0.2) is 108 Å². The van der Waals surface area contributed by atoms with Crippen molar-refractivity contribution in [2.45, 2.75) is 68.6 Å². The number of rotatable bonds is 8. The molecule has 0 N–H and O–H groups in total. The van der Waals surface area contributed by atoms with Crippen molar-refractivity contribution in [1.29, 1.82) is 0 Å². The van der Waals surface area contributed by atoms with Crippen molar-refractivity contribution in [2.75, 3.05) is 77.9 Å². The van der Waals surface area contributed by atoms with Gasteiger partial charge in [-0.1, -0.05) is 49.6 Å². The second-order valence-corrected chi connectivity index (χ2v) is 18.4. The van der Waals surface area contributed by atoms with Gasteiger partial charge in [0.15, 0.2) is 0 Å². The van der Waals surface area contributed by atoms with Crippen molar-refractivity contribution in [2.24, 2.45) is 5.92 Å². The van der Waals surface area contributed by atoms with E-state index in [4.69, 9.17) is 11.6 Å². The van der Waals surface area contributed by atoms with Crippen LogP contribution in [0.25, 0.3) is 0 Å². The number of anilines is 1. The van der Waals surface area contributed by atoms with E-state index in [1.54, 1.807) is 20.7 Å². The molecule has 2 heterocycles. The van der Waals surface area contributed by atoms with Crippen LogP contribution in [0.2, 0.25) is 5.02 Å². The van der Waals surface area contributed by atoms with Gasteiger partial charge in [0.2, 0.25) is 10.0 Å². The molecule has 0 atom stereocenters. The predicted octanol–water partition coefficient (Wildman–Crippen LogP) is 6.06. The minimum absolute atomic E-state index is 0.0745. The second-order valence-electron chi connectivity index (χ2n) is 14.1. The standard InChI is InChI=1S/C36H54ClN5O4S2/c1-30-27-41(47(43,44)36-17-15-35(16-18-36)38(2)3)23-7-21-39(29-31-9-5-4-6-10-31)22-8-24-42(28-30)48(45,46)40-25-19-33(20-26-40)32-11-13-34(37)14-12-32/h11-18,31,33H,1,4-10,19-29H2,2-3H3. The van der Waals surface area contributed by atoms with Gasteiger partial charge in [0.1, 0.15) is 0 Å². The first-order valence-corrected chi connectivity index (χ1v) is 20.8. The third-order valence-electron chi connectivity index (χ3n) is 10.2. The number of nitrogens with zero attached hydrogens (tertiary/aromatic N) is 5. The van der Waals surface area contributed by atoms with Crippen LogP contribution in [0.3, 0.4) is 0 Å². The molecule has 0 unspecified atom stereocenters. The lowest BCUT2D eigenvalue weighted by Gasteiger charge is -2.36. The van der Waals surface area contributed by atoms with Gasteiger partial charge in [-0.3, -0.25) is 0 Å². The molecule has 0 radical (unpaired) electrons. The molecule has 2 aromatic carbocycles. The molecule has 1 saturated carbocycles. The highest BCUT2D eigenvalue weighted by Crippen LogP contribution is 2.31. The Bertz CT molecular complexity index is 1550. The highest BCUT2D eigenvalue weighted by Gasteiger charge is 2.35. The maximum absolute atomic E-state index is 14.2.